The maximum atomic E-state index is 12.9. The largest absolute Gasteiger partial charge is 0.573 e. The third-order valence-electron chi connectivity index (χ3n) is 4.13. The Hall–Kier alpha value is -3.37. The Balaban J connectivity index is 1.81. The van der Waals surface area contributed by atoms with E-state index in [-0.39, 0.29) is 12.4 Å². The molecule has 2 aromatic rings. The molecular formula is C17H15F3N4O4. The van der Waals surface area contributed by atoms with Crippen LogP contribution in [0.25, 0.3) is 0 Å². The second-order valence-corrected chi connectivity index (χ2v) is 6.07. The summed E-state index contributed by atoms with van der Waals surface area (Å²) in [5, 5.41) is 2.56. The number of benzene rings is 1. The Bertz CT molecular complexity index is 904. The molecule has 11 heteroatoms. The van der Waals surface area contributed by atoms with Gasteiger partial charge in [0.1, 0.15) is 11.3 Å². The number of imide groups is 1. The molecule has 0 radical (unpaired) electrons. The van der Waals surface area contributed by atoms with Crippen molar-refractivity contribution < 1.29 is 32.2 Å². The number of aromatic nitrogens is 2. The summed E-state index contributed by atoms with van der Waals surface area (Å²) in [4.78, 5) is 34.2. The van der Waals surface area contributed by atoms with Crippen molar-refractivity contribution in [1.29, 1.82) is 0 Å². The minimum Gasteiger partial charge on any atom is -0.480 e. The number of ether oxygens (including phenoxy) is 2. The van der Waals surface area contributed by atoms with Crippen molar-refractivity contribution >= 4 is 11.9 Å². The summed E-state index contributed by atoms with van der Waals surface area (Å²) in [6.07, 6.45) is -2.05. The monoisotopic (exact) mass is 396 g/mol. The van der Waals surface area contributed by atoms with Crippen LogP contribution in [0.5, 0.6) is 11.6 Å². The van der Waals surface area contributed by atoms with Gasteiger partial charge in [0.05, 0.1) is 31.7 Å². The quantitative estimate of drug-likeness (QED) is 0.780. The first kappa shape index (κ1) is 19.4. The molecule has 1 N–H and O–H groups in total. The number of rotatable bonds is 5. The minimum atomic E-state index is -4.82. The van der Waals surface area contributed by atoms with E-state index in [1.807, 2.05) is 0 Å². The van der Waals surface area contributed by atoms with Gasteiger partial charge in [0, 0.05) is 0 Å². The minimum absolute atomic E-state index is 0.139. The molecule has 0 saturated carbocycles. The maximum Gasteiger partial charge on any atom is 0.573 e. The van der Waals surface area contributed by atoms with Gasteiger partial charge in [-0.05, 0) is 24.6 Å². The number of methoxy groups -OCH3 is 1. The summed E-state index contributed by atoms with van der Waals surface area (Å²) >= 11 is 0. The zero-order valence-electron chi connectivity index (χ0n) is 14.8. The SMILES string of the molecule is COc1cncc(CN2C(=O)NC(C)(c3ccc(OC(F)(F)F)cc3)C2=O)n1. The zero-order valence-corrected chi connectivity index (χ0v) is 14.8. The molecule has 8 nitrogen and oxygen atoms in total. The van der Waals surface area contributed by atoms with Crippen LogP contribution in [0, 0.1) is 0 Å². The number of alkyl halides is 3. The number of urea groups is 1. The van der Waals surface area contributed by atoms with Gasteiger partial charge < -0.3 is 14.8 Å². The number of amides is 3. The molecule has 1 aliphatic heterocycles. The van der Waals surface area contributed by atoms with Crippen molar-refractivity contribution in [3.8, 4) is 11.6 Å². The summed E-state index contributed by atoms with van der Waals surface area (Å²) in [6.45, 7) is 1.32. The second kappa shape index (κ2) is 6.98. The van der Waals surface area contributed by atoms with Crippen molar-refractivity contribution in [1.82, 2.24) is 20.2 Å². The van der Waals surface area contributed by atoms with Crippen molar-refractivity contribution in [3.05, 3.63) is 47.9 Å². The molecule has 1 fully saturated rings. The van der Waals surface area contributed by atoms with Crippen LogP contribution in [-0.4, -0.2) is 40.3 Å². The number of nitrogens with zero attached hydrogens (tertiary/aromatic N) is 3. The lowest BCUT2D eigenvalue weighted by atomic mass is 9.92. The molecule has 1 unspecified atom stereocenters. The molecular weight excluding hydrogens is 381 g/mol. The average Bonchev–Trinajstić information content (AvgIpc) is 2.85. The van der Waals surface area contributed by atoms with Gasteiger partial charge in [-0.2, -0.15) is 0 Å². The Labute approximate surface area is 157 Å². The van der Waals surface area contributed by atoms with E-state index in [4.69, 9.17) is 4.74 Å². The third-order valence-corrected chi connectivity index (χ3v) is 4.13. The van der Waals surface area contributed by atoms with E-state index in [1.165, 1.54) is 38.6 Å². The number of halogens is 3. The summed E-state index contributed by atoms with van der Waals surface area (Å²) in [5.74, 6) is -0.778. The van der Waals surface area contributed by atoms with Gasteiger partial charge in [-0.25, -0.2) is 9.78 Å². The van der Waals surface area contributed by atoms with Gasteiger partial charge in [0.15, 0.2) is 0 Å². The van der Waals surface area contributed by atoms with Gasteiger partial charge in [-0.1, -0.05) is 12.1 Å². The van der Waals surface area contributed by atoms with Crippen molar-refractivity contribution in [3.63, 3.8) is 0 Å². The van der Waals surface area contributed by atoms with E-state index in [0.717, 1.165) is 17.0 Å². The standard InChI is InChI=1S/C17H15F3N4O4/c1-16(10-3-5-12(6-4-10)28-17(18,19)20)14(25)24(15(26)23-16)9-11-7-21-8-13(22-11)27-2/h3-8H,9H2,1-2H3,(H,23,26). The fourth-order valence-corrected chi connectivity index (χ4v) is 2.75. The highest BCUT2D eigenvalue weighted by Gasteiger charge is 2.49. The summed E-state index contributed by atoms with van der Waals surface area (Å²) in [7, 11) is 1.41. The molecule has 0 bridgehead atoms. The number of carbonyl (C=O) groups is 2. The second-order valence-electron chi connectivity index (χ2n) is 6.07. The Morgan fingerprint density at radius 3 is 2.46 bits per heavy atom. The van der Waals surface area contributed by atoms with Crippen LogP contribution in [0.3, 0.4) is 0 Å². The molecule has 28 heavy (non-hydrogen) atoms. The molecule has 3 amide bonds. The molecule has 0 spiro atoms. The molecule has 1 saturated heterocycles. The first-order chi connectivity index (χ1) is 13.1. The van der Waals surface area contributed by atoms with Gasteiger partial charge in [-0.3, -0.25) is 14.7 Å². The Morgan fingerprint density at radius 2 is 1.86 bits per heavy atom. The number of hydrogen-bond acceptors (Lipinski definition) is 6. The van der Waals surface area contributed by atoms with E-state index in [0.29, 0.717) is 11.3 Å². The molecule has 2 heterocycles. The Morgan fingerprint density at radius 1 is 1.18 bits per heavy atom. The van der Waals surface area contributed by atoms with Gasteiger partial charge in [0.25, 0.3) is 5.91 Å². The van der Waals surface area contributed by atoms with Crippen LogP contribution in [0.15, 0.2) is 36.7 Å². The van der Waals surface area contributed by atoms with Crippen molar-refractivity contribution in [2.75, 3.05) is 7.11 Å². The summed E-state index contributed by atoms with van der Waals surface area (Å²) < 4.78 is 45.6. The molecule has 0 aliphatic carbocycles. The van der Waals surface area contributed by atoms with E-state index >= 15 is 0 Å². The topological polar surface area (TPSA) is 93.6 Å². The van der Waals surface area contributed by atoms with Crippen LogP contribution in [-0.2, 0) is 16.9 Å². The normalized spacial score (nSPS) is 19.5. The van der Waals surface area contributed by atoms with Crippen molar-refractivity contribution in [2.45, 2.75) is 25.4 Å². The zero-order chi connectivity index (χ0) is 20.5. The molecule has 3 rings (SSSR count). The molecule has 148 valence electrons. The van der Waals surface area contributed by atoms with Gasteiger partial charge >= 0.3 is 12.4 Å². The highest BCUT2D eigenvalue weighted by molar-refractivity contribution is 6.07. The lowest BCUT2D eigenvalue weighted by molar-refractivity contribution is -0.274. The predicted molar refractivity (Wildman–Crippen MR) is 88.1 cm³/mol. The Kier molecular flexibility index (Phi) is 4.84. The highest BCUT2D eigenvalue weighted by Crippen LogP contribution is 2.32. The van der Waals surface area contributed by atoms with Crippen LogP contribution >= 0.6 is 0 Å². The first-order valence-electron chi connectivity index (χ1n) is 7.98. The van der Waals surface area contributed by atoms with Crippen molar-refractivity contribution in [2.24, 2.45) is 0 Å². The predicted octanol–water partition coefficient (Wildman–Crippen LogP) is 2.35. The van der Waals surface area contributed by atoms with E-state index < -0.39 is 29.6 Å². The number of nitrogens with one attached hydrogen (secondary N) is 1. The van der Waals surface area contributed by atoms with Crippen LogP contribution in [0.2, 0.25) is 0 Å². The van der Waals surface area contributed by atoms with Gasteiger partial charge in [-0.15, -0.1) is 13.2 Å². The fourth-order valence-electron chi connectivity index (χ4n) is 2.75. The number of carbonyl (C=O) groups excluding carboxylic acids is 2. The summed E-state index contributed by atoms with van der Waals surface area (Å²) in [5.41, 5.74) is -0.805. The first-order valence-corrected chi connectivity index (χ1v) is 7.98. The lowest BCUT2D eigenvalue weighted by Crippen LogP contribution is -2.40. The molecule has 1 aliphatic rings. The van der Waals surface area contributed by atoms with E-state index in [9.17, 15) is 22.8 Å². The van der Waals surface area contributed by atoms with Crippen LogP contribution in [0.1, 0.15) is 18.2 Å². The lowest BCUT2D eigenvalue weighted by Gasteiger charge is -2.22. The fraction of sp³-hybridized carbons (Fsp3) is 0.294. The van der Waals surface area contributed by atoms with Gasteiger partial charge in [0.2, 0.25) is 5.88 Å². The summed E-state index contributed by atoms with van der Waals surface area (Å²) in [6, 6.07) is 4.06. The highest BCUT2D eigenvalue weighted by atomic mass is 19.4. The van der Waals surface area contributed by atoms with E-state index in [2.05, 4.69) is 20.0 Å². The third kappa shape index (κ3) is 3.82. The average molecular weight is 396 g/mol. The molecule has 1 aromatic carbocycles. The molecule has 1 atom stereocenters. The number of hydrogen-bond donors (Lipinski definition) is 1. The van der Waals surface area contributed by atoms with E-state index in [1.54, 1.807) is 0 Å². The molecule has 1 aromatic heterocycles. The van der Waals surface area contributed by atoms with Crippen LogP contribution < -0.4 is 14.8 Å². The maximum absolute atomic E-state index is 12.9. The van der Waals surface area contributed by atoms with Crippen LogP contribution in [0.4, 0.5) is 18.0 Å². The smallest absolute Gasteiger partial charge is 0.480 e.